The predicted molar refractivity (Wildman–Crippen MR) is 81.9 cm³/mol. The number of benzene rings is 1. The fourth-order valence-corrected chi connectivity index (χ4v) is 2.61. The molecule has 1 atom stereocenters. The number of nitriles is 1. The Kier molecular flexibility index (Phi) is 5.17. The minimum atomic E-state index is -0.275. The van der Waals surface area contributed by atoms with Crippen LogP contribution in [0.2, 0.25) is 10.0 Å². The standard InChI is InChI=1S/C12H11Cl2N5OS/c1-7(5-15)21-12-18-17-10(19(12)16)6-20-11-8(13)3-2-4-9(11)14/h2-4,7H,6,16H2,1H3/t7-/m1/s1. The van der Waals surface area contributed by atoms with Crippen molar-refractivity contribution in [3.63, 3.8) is 0 Å². The second-order valence-corrected chi connectivity index (χ2v) is 6.12. The van der Waals surface area contributed by atoms with E-state index < -0.39 is 0 Å². The highest BCUT2D eigenvalue weighted by molar-refractivity contribution is 8.00. The smallest absolute Gasteiger partial charge is 0.211 e. The van der Waals surface area contributed by atoms with Crippen molar-refractivity contribution in [2.24, 2.45) is 0 Å². The van der Waals surface area contributed by atoms with Gasteiger partial charge >= 0.3 is 0 Å². The van der Waals surface area contributed by atoms with Crippen LogP contribution in [-0.2, 0) is 6.61 Å². The first-order valence-corrected chi connectivity index (χ1v) is 7.49. The molecule has 0 fully saturated rings. The van der Waals surface area contributed by atoms with Crippen molar-refractivity contribution in [3.8, 4) is 11.8 Å². The second-order valence-electron chi connectivity index (χ2n) is 4.00. The van der Waals surface area contributed by atoms with Crippen LogP contribution in [0.3, 0.4) is 0 Å². The summed E-state index contributed by atoms with van der Waals surface area (Å²) in [6.07, 6.45) is 0. The monoisotopic (exact) mass is 343 g/mol. The largest absolute Gasteiger partial charge is 0.482 e. The first-order valence-electron chi connectivity index (χ1n) is 5.85. The van der Waals surface area contributed by atoms with Crippen LogP contribution in [0.25, 0.3) is 0 Å². The van der Waals surface area contributed by atoms with Crippen LogP contribution < -0.4 is 10.6 Å². The molecule has 2 rings (SSSR count). The molecule has 0 aliphatic carbocycles. The number of nitrogens with zero attached hydrogens (tertiary/aromatic N) is 4. The molecule has 1 aromatic carbocycles. The molecule has 2 aromatic rings. The first kappa shape index (κ1) is 15.8. The number of halogens is 2. The van der Waals surface area contributed by atoms with E-state index in [0.717, 1.165) is 0 Å². The quantitative estimate of drug-likeness (QED) is 0.663. The average Bonchev–Trinajstić information content (AvgIpc) is 2.79. The summed E-state index contributed by atoms with van der Waals surface area (Å²) in [7, 11) is 0. The summed E-state index contributed by atoms with van der Waals surface area (Å²) in [5.74, 6) is 6.63. The van der Waals surface area contributed by atoms with Gasteiger partial charge in [0, 0.05) is 0 Å². The third-order valence-corrected chi connectivity index (χ3v) is 4.01. The summed E-state index contributed by atoms with van der Waals surface area (Å²) in [5, 5.41) is 17.6. The highest BCUT2D eigenvalue weighted by Gasteiger charge is 2.15. The topological polar surface area (TPSA) is 89.8 Å². The zero-order valence-corrected chi connectivity index (χ0v) is 13.3. The van der Waals surface area contributed by atoms with E-state index in [2.05, 4.69) is 16.3 Å². The number of hydrogen-bond acceptors (Lipinski definition) is 6. The predicted octanol–water partition coefficient (Wildman–Crippen LogP) is 2.88. The van der Waals surface area contributed by atoms with Gasteiger partial charge < -0.3 is 10.6 Å². The van der Waals surface area contributed by atoms with E-state index in [1.165, 1.54) is 16.4 Å². The van der Waals surface area contributed by atoms with E-state index in [9.17, 15) is 0 Å². The summed E-state index contributed by atoms with van der Waals surface area (Å²) in [4.78, 5) is 0. The Morgan fingerprint density at radius 2 is 2.10 bits per heavy atom. The van der Waals surface area contributed by atoms with Crippen molar-refractivity contribution in [1.82, 2.24) is 14.9 Å². The molecule has 0 bridgehead atoms. The molecule has 9 heteroatoms. The molecule has 1 aromatic heterocycles. The van der Waals surface area contributed by atoms with Crippen molar-refractivity contribution in [3.05, 3.63) is 34.1 Å². The van der Waals surface area contributed by atoms with Crippen LogP contribution in [-0.4, -0.2) is 20.1 Å². The highest BCUT2D eigenvalue weighted by atomic mass is 35.5. The summed E-state index contributed by atoms with van der Waals surface area (Å²) < 4.78 is 6.82. The van der Waals surface area contributed by atoms with E-state index in [1.807, 2.05) is 0 Å². The van der Waals surface area contributed by atoms with Gasteiger partial charge in [0.15, 0.2) is 11.6 Å². The third kappa shape index (κ3) is 3.73. The van der Waals surface area contributed by atoms with Gasteiger partial charge in [-0.25, -0.2) is 4.68 Å². The zero-order chi connectivity index (χ0) is 15.4. The fraction of sp³-hybridized carbons (Fsp3) is 0.250. The Hall–Kier alpha value is -1.62. The van der Waals surface area contributed by atoms with Gasteiger partial charge in [-0.2, -0.15) is 5.26 Å². The maximum Gasteiger partial charge on any atom is 0.211 e. The SMILES string of the molecule is C[C@H](C#N)Sc1nnc(COc2c(Cl)cccc2Cl)n1N. The number of ether oxygens (including phenoxy) is 1. The van der Waals surface area contributed by atoms with Crippen LogP contribution in [0.4, 0.5) is 0 Å². The zero-order valence-electron chi connectivity index (χ0n) is 11.0. The van der Waals surface area contributed by atoms with E-state index in [1.54, 1.807) is 25.1 Å². The lowest BCUT2D eigenvalue weighted by atomic mass is 10.3. The van der Waals surface area contributed by atoms with E-state index in [0.29, 0.717) is 26.8 Å². The van der Waals surface area contributed by atoms with Crippen molar-refractivity contribution in [2.75, 3.05) is 5.84 Å². The Labute approximate surface area is 135 Å². The van der Waals surface area contributed by atoms with Crippen molar-refractivity contribution in [1.29, 1.82) is 5.26 Å². The van der Waals surface area contributed by atoms with Gasteiger partial charge in [0.2, 0.25) is 5.16 Å². The van der Waals surface area contributed by atoms with Crippen molar-refractivity contribution >= 4 is 35.0 Å². The van der Waals surface area contributed by atoms with Crippen LogP contribution in [0.1, 0.15) is 12.7 Å². The Bertz CT molecular complexity index is 665. The molecular formula is C12H11Cl2N5OS. The van der Waals surface area contributed by atoms with Crippen LogP contribution in [0.5, 0.6) is 5.75 Å². The number of aromatic nitrogens is 3. The van der Waals surface area contributed by atoms with Gasteiger partial charge in [0.1, 0.15) is 6.61 Å². The van der Waals surface area contributed by atoms with Gasteiger partial charge in [0.25, 0.3) is 0 Å². The number of nitrogens with two attached hydrogens (primary N) is 1. The lowest BCUT2D eigenvalue weighted by Gasteiger charge is -2.09. The third-order valence-electron chi connectivity index (χ3n) is 2.46. The number of rotatable bonds is 5. The summed E-state index contributed by atoms with van der Waals surface area (Å²) in [6.45, 7) is 1.81. The first-order chi connectivity index (χ1) is 10.0. The van der Waals surface area contributed by atoms with Crippen LogP contribution in [0, 0.1) is 11.3 Å². The van der Waals surface area contributed by atoms with Gasteiger partial charge in [-0.3, -0.25) is 0 Å². The molecule has 0 aliphatic rings. The van der Waals surface area contributed by atoms with Gasteiger partial charge in [-0.1, -0.05) is 41.0 Å². The molecule has 21 heavy (non-hydrogen) atoms. The van der Waals surface area contributed by atoms with Crippen LogP contribution in [0.15, 0.2) is 23.4 Å². The Morgan fingerprint density at radius 1 is 1.43 bits per heavy atom. The molecule has 0 radical (unpaired) electrons. The summed E-state index contributed by atoms with van der Waals surface area (Å²) in [5.41, 5.74) is 0. The van der Waals surface area contributed by atoms with Gasteiger partial charge in [-0.05, 0) is 19.1 Å². The number of hydrogen-bond donors (Lipinski definition) is 1. The molecule has 0 saturated heterocycles. The van der Waals surface area contributed by atoms with E-state index in [-0.39, 0.29) is 11.9 Å². The molecular weight excluding hydrogens is 333 g/mol. The van der Waals surface area contributed by atoms with Gasteiger partial charge in [0.05, 0.1) is 21.4 Å². The normalized spacial score (nSPS) is 11.9. The molecule has 0 spiro atoms. The number of nitrogen functional groups attached to an aromatic ring is 1. The lowest BCUT2D eigenvalue weighted by molar-refractivity contribution is 0.292. The summed E-state index contributed by atoms with van der Waals surface area (Å²) in [6, 6.07) is 7.15. The molecule has 0 amide bonds. The minimum absolute atomic E-state index is 0.0639. The van der Waals surface area contributed by atoms with E-state index in [4.69, 9.17) is 39.0 Å². The Morgan fingerprint density at radius 3 is 2.71 bits per heavy atom. The maximum absolute atomic E-state index is 8.78. The van der Waals surface area contributed by atoms with Crippen molar-refractivity contribution < 1.29 is 4.74 Å². The molecule has 0 saturated carbocycles. The minimum Gasteiger partial charge on any atom is -0.482 e. The number of thioether (sulfide) groups is 1. The Balaban J connectivity index is 2.09. The van der Waals surface area contributed by atoms with Crippen molar-refractivity contribution in [2.45, 2.75) is 23.9 Å². The molecule has 2 N–H and O–H groups in total. The fourth-order valence-electron chi connectivity index (χ4n) is 1.43. The molecule has 110 valence electrons. The van der Waals surface area contributed by atoms with Gasteiger partial charge in [-0.15, -0.1) is 10.2 Å². The molecule has 0 aliphatic heterocycles. The molecule has 0 unspecified atom stereocenters. The summed E-state index contributed by atoms with van der Waals surface area (Å²) >= 11 is 13.2. The molecule has 1 heterocycles. The van der Waals surface area contributed by atoms with Crippen LogP contribution >= 0.6 is 35.0 Å². The van der Waals surface area contributed by atoms with E-state index >= 15 is 0 Å². The highest BCUT2D eigenvalue weighted by Crippen LogP contribution is 2.32. The lowest BCUT2D eigenvalue weighted by Crippen LogP contribution is -2.16. The second kappa shape index (κ2) is 6.89. The number of para-hydroxylation sites is 1. The average molecular weight is 344 g/mol. The molecule has 6 nitrogen and oxygen atoms in total. The maximum atomic E-state index is 8.78.